The number of para-hydroxylation sites is 1. The van der Waals surface area contributed by atoms with E-state index in [1.807, 2.05) is 24.3 Å². The van der Waals surface area contributed by atoms with Crippen molar-refractivity contribution in [2.45, 2.75) is 44.8 Å². The lowest BCUT2D eigenvalue weighted by Crippen LogP contribution is -2.27. The molecule has 1 aliphatic rings. The highest BCUT2D eigenvalue weighted by Crippen LogP contribution is 2.27. The number of amides is 1. The van der Waals surface area contributed by atoms with E-state index in [9.17, 15) is 14.7 Å². The van der Waals surface area contributed by atoms with Gasteiger partial charge in [0.1, 0.15) is 5.75 Å². The Bertz CT molecular complexity index is 783. The first-order chi connectivity index (χ1) is 12.6. The molecule has 0 radical (unpaired) electrons. The summed E-state index contributed by atoms with van der Waals surface area (Å²) in [4.78, 5) is 23.4. The number of aryl methyl sites for hydroxylation is 1. The molecule has 0 aromatic heterocycles. The molecule has 2 aromatic rings. The summed E-state index contributed by atoms with van der Waals surface area (Å²) in [5, 5.41) is 12.1. The molecule has 0 heterocycles. The summed E-state index contributed by atoms with van der Waals surface area (Å²) in [6, 6.07) is 14.5. The van der Waals surface area contributed by atoms with E-state index in [1.165, 1.54) is 6.42 Å². The molecule has 5 nitrogen and oxygen atoms in total. The van der Waals surface area contributed by atoms with Crippen LogP contribution in [0, 0.1) is 0 Å². The molecule has 0 unspecified atom stereocenters. The molecule has 2 N–H and O–H groups in total. The van der Waals surface area contributed by atoms with E-state index in [2.05, 4.69) is 5.32 Å². The number of carbonyl (C=O) groups excluding carboxylic acids is 1. The van der Waals surface area contributed by atoms with Crippen molar-refractivity contribution in [1.29, 1.82) is 0 Å². The summed E-state index contributed by atoms with van der Waals surface area (Å²) in [7, 11) is 0. The highest BCUT2D eigenvalue weighted by atomic mass is 16.5. The third-order valence-corrected chi connectivity index (χ3v) is 4.66. The second-order valence-corrected chi connectivity index (χ2v) is 6.52. The van der Waals surface area contributed by atoms with Crippen LogP contribution in [0.5, 0.6) is 5.75 Å². The van der Waals surface area contributed by atoms with E-state index in [4.69, 9.17) is 4.74 Å². The standard InChI is InChI=1S/C21H23NO4/c23-20(13-12-15-6-1-3-10-18(15)21(24)25)22-14-16-7-2-4-11-19(16)26-17-8-5-9-17/h1-4,6-7,10-11,17H,5,8-9,12-14H2,(H,22,23)(H,24,25). The van der Waals surface area contributed by atoms with Crippen molar-refractivity contribution in [2.75, 3.05) is 0 Å². The molecular weight excluding hydrogens is 330 g/mol. The zero-order valence-corrected chi connectivity index (χ0v) is 14.6. The van der Waals surface area contributed by atoms with Gasteiger partial charge in [0.15, 0.2) is 0 Å². The maximum atomic E-state index is 12.2. The molecule has 5 heteroatoms. The number of hydrogen-bond acceptors (Lipinski definition) is 3. The molecule has 3 rings (SSSR count). The molecule has 0 spiro atoms. The minimum Gasteiger partial charge on any atom is -0.490 e. The van der Waals surface area contributed by atoms with Crippen LogP contribution in [0.3, 0.4) is 0 Å². The Morgan fingerprint density at radius 1 is 1.04 bits per heavy atom. The van der Waals surface area contributed by atoms with Gasteiger partial charge in [0.25, 0.3) is 0 Å². The predicted molar refractivity (Wildman–Crippen MR) is 98.3 cm³/mol. The van der Waals surface area contributed by atoms with E-state index >= 15 is 0 Å². The first-order valence-corrected chi connectivity index (χ1v) is 8.96. The lowest BCUT2D eigenvalue weighted by atomic mass is 9.96. The lowest BCUT2D eigenvalue weighted by molar-refractivity contribution is -0.121. The van der Waals surface area contributed by atoms with Crippen LogP contribution in [0.2, 0.25) is 0 Å². The van der Waals surface area contributed by atoms with E-state index in [0.29, 0.717) is 24.6 Å². The number of nitrogens with one attached hydrogen (secondary N) is 1. The van der Waals surface area contributed by atoms with Crippen LogP contribution in [0.1, 0.15) is 47.2 Å². The Morgan fingerprint density at radius 3 is 2.42 bits per heavy atom. The average molecular weight is 353 g/mol. The first-order valence-electron chi connectivity index (χ1n) is 8.96. The fourth-order valence-electron chi connectivity index (χ4n) is 2.91. The number of ether oxygens (including phenoxy) is 1. The molecule has 1 aliphatic carbocycles. The van der Waals surface area contributed by atoms with Crippen molar-refractivity contribution >= 4 is 11.9 Å². The van der Waals surface area contributed by atoms with Crippen LogP contribution >= 0.6 is 0 Å². The smallest absolute Gasteiger partial charge is 0.335 e. The van der Waals surface area contributed by atoms with Gasteiger partial charge in [-0.15, -0.1) is 0 Å². The van der Waals surface area contributed by atoms with Gasteiger partial charge in [0, 0.05) is 18.5 Å². The number of rotatable bonds is 8. The summed E-state index contributed by atoms with van der Waals surface area (Å²) in [6.07, 6.45) is 4.32. The summed E-state index contributed by atoms with van der Waals surface area (Å²) in [5.74, 6) is -0.250. The maximum Gasteiger partial charge on any atom is 0.335 e. The van der Waals surface area contributed by atoms with E-state index in [-0.39, 0.29) is 17.9 Å². The molecule has 0 atom stereocenters. The molecule has 136 valence electrons. The zero-order valence-electron chi connectivity index (χ0n) is 14.6. The van der Waals surface area contributed by atoms with Crippen molar-refractivity contribution in [1.82, 2.24) is 5.32 Å². The van der Waals surface area contributed by atoms with Crippen LogP contribution in [0.4, 0.5) is 0 Å². The van der Waals surface area contributed by atoms with Gasteiger partial charge in [0.05, 0.1) is 11.7 Å². The van der Waals surface area contributed by atoms with Crippen molar-refractivity contribution in [3.05, 3.63) is 65.2 Å². The van der Waals surface area contributed by atoms with Crippen molar-refractivity contribution in [3.63, 3.8) is 0 Å². The number of carbonyl (C=O) groups is 2. The van der Waals surface area contributed by atoms with Crippen LogP contribution in [-0.2, 0) is 17.8 Å². The molecule has 0 aliphatic heterocycles. The minimum absolute atomic E-state index is 0.108. The van der Waals surface area contributed by atoms with Crippen LogP contribution in [0.25, 0.3) is 0 Å². The summed E-state index contributed by atoms with van der Waals surface area (Å²) < 4.78 is 5.97. The van der Waals surface area contributed by atoms with Gasteiger partial charge in [-0.3, -0.25) is 4.79 Å². The molecule has 26 heavy (non-hydrogen) atoms. The van der Waals surface area contributed by atoms with Gasteiger partial charge < -0.3 is 15.2 Å². The zero-order chi connectivity index (χ0) is 18.4. The Kier molecular flexibility index (Phi) is 5.89. The van der Waals surface area contributed by atoms with E-state index in [1.54, 1.807) is 24.3 Å². The molecule has 0 saturated heterocycles. The molecule has 0 bridgehead atoms. The molecular formula is C21H23NO4. The van der Waals surface area contributed by atoms with Gasteiger partial charge in [-0.1, -0.05) is 36.4 Å². The number of hydrogen-bond donors (Lipinski definition) is 2. The molecule has 1 saturated carbocycles. The third kappa shape index (κ3) is 4.63. The minimum atomic E-state index is -0.969. The van der Waals surface area contributed by atoms with E-state index < -0.39 is 5.97 Å². The second-order valence-electron chi connectivity index (χ2n) is 6.52. The van der Waals surface area contributed by atoms with Gasteiger partial charge in [0.2, 0.25) is 5.91 Å². The Hall–Kier alpha value is -2.82. The van der Waals surface area contributed by atoms with Gasteiger partial charge in [-0.05, 0) is 43.4 Å². The molecule has 1 amide bonds. The lowest BCUT2D eigenvalue weighted by Gasteiger charge is -2.27. The Labute approximate surface area is 153 Å². The number of carboxylic acids is 1. The summed E-state index contributed by atoms with van der Waals surface area (Å²) in [5.41, 5.74) is 1.88. The average Bonchev–Trinajstić information content (AvgIpc) is 2.62. The third-order valence-electron chi connectivity index (χ3n) is 4.66. The largest absolute Gasteiger partial charge is 0.490 e. The monoisotopic (exact) mass is 353 g/mol. The predicted octanol–water partition coefficient (Wildman–Crippen LogP) is 3.57. The topological polar surface area (TPSA) is 75.6 Å². The number of aromatic carboxylic acids is 1. The van der Waals surface area contributed by atoms with Gasteiger partial charge >= 0.3 is 5.97 Å². The van der Waals surface area contributed by atoms with Crippen molar-refractivity contribution in [2.24, 2.45) is 0 Å². The van der Waals surface area contributed by atoms with Crippen LogP contribution < -0.4 is 10.1 Å². The highest BCUT2D eigenvalue weighted by molar-refractivity contribution is 5.89. The summed E-state index contributed by atoms with van der Waals surface area (Å²) >= 11 is 0. The van der Waals surface area contributed by atoms with Gasteiger partial charge in [-0.2, -0.15) is 0 Å². The first kappa shape index (κ1) is 18.0. The van der Waals surface area contributed by atoms with Crippen molar-refractivity contribution < 1.29 is 19.4 Å². The highest BCUT2D eigenvalue weighted by Gasteiger charge is 2.20. The molecule has 1 fully saturated rings. The van der Waals surface area contributed by atoms with Gasteiger partial charge in [-0.25, -0.2) is 4.79 Å². The van der Waals surface area contributed by atoms with Crippen LogP contribution in [-0.4, -0.2) is 23.1 Å². The van der Waals surface area contributed by atoms with E-state index in [0.717, 1.165) is 24.2 Å². The second kappa shape index (κ2) is 8.52. The number of benzene rings is 2. The molecule has 2 aromatic carbocycles. The number of carboxylic acid groups (broad SMARTS) is 1. The SMILES string of the molecule is O=C(CCc1ccccc1C(=O)O)NCc1ccccc1OC1CCC1. The fraction of sp³-hybridized carbons (Fsp3) is 0.333. The quantitative estimate of drug-likeness (QED) is 0.761. The fourth-order valence-corrected chi connectivity index (χ4v) is 2.91. The Balaban J connectivity index is 1.52. The van der Waals surface area contributed by atoms with Crippen molar-refractivity contribution in [3.8, 4) is 5.75 Å². The maximum absolute atomic E-state index is 12.2. The Morgan fingerprint density at radius 2 is 1.73 bits per heavy atom. The van der Waals surface area contributed by atoms with Crippen LogP contribution in [0.15, 0.2) is 48.5 Å². The normalized spacial score (nSPS) is 13.7. The summed E-state index contributed by atoms with van der Waals surface area (Å²) in [6.45, 7) is 0.405.